The average Bonchev–Trinajstić information content (AvgIpc) is 3.41. The Labute approximate surface area is 243 Å². The molecule has 3 aliphatic rings. The molecule has 2 saturated heterocycles. The van der Waals surface area contributed by atoms with Gasteiger partial charge in [-0.25, -0.2) is 9.97 Å². The van der Waals surface area contributed by atoms with Crippen LogP contribution in [0.3, 0.4) is 0 Å². The van der Waals surface area contributed by atoms with Crippen molar-refractivity contribution in [2.75, 3.05) is 31.1 Å². The normalized spacial score (nSPS) is 24.6. The number of anilines is 1. The van der Waals surface area contributed by atoms with Crippen molar-refractivity contribution in [2.24, 2.45) is 0 Å². The standard InChI is InChI=1S/C30H37N5O2.2ClH/c1-19-16-24(36)27-25(19)28(32-18-31-27)34-12-14-35(15-13-34)29(37)26(23-10-11-30(2,3)33-23)22-9-8-20-6-4-5-7-21(20)17-22;;/h4-9,17-19,23-24,26,33,36H,10-16H2,1-3H3;2*1H/t19-,23+,24-,26+;;/m1../s1. The molecule has 39 heavy (non-hydrogen) atoms. The molecule has 1 aliphatic carbocycles. The van der Waals surface area contributed by atoms with E-state index in [1.54, 1.807) is 6.33 Å². The van der Waals surface area contributed by atoms with E-state index in [-0.39, 0.29) is 54.1 Å². The van der Waals surface area contributed by atoms with Crippen molar-refractivity contribution in [3.05, 3.63) is 65.6 Å². The number of halogens is 2. The van der Waals surface area contributed by atoms with Gasteiger partial charge in [-0.1, -0.05) is 49.4 Å². The van der Waals surface area contributed by atoms with Crippen LogP contribution in [0.5, 0.6) is 0 Å². The van der Waals surface area contributed by atoms with Crippen LogP contribution in [-0.4, -0.2) is 63.6 Å². The van der Waals surface area contributed by atoms with Gasteiger partial charge in [-0.3, -0.25) is 4.79 Å². The van der Waals surface area contributed by atoms with E-state index in [1.807, 2.05) is 4.90 Å². The van der Waals surface area contributed by atoms with E-state index < -0.39 is 6.10 Å². The Bertz CT molecular complexity index is 1330. The SMILES string of the molecule is C[C@@H]1C[C@@H](O)c2ncnc(N3CCN(C(=O)[C@@H](c4ccc5ccccc5c4)[C@@H]4CCC(C)(C)N4)CC3)c21.Cl.Cl. The molecule has 4 atom stereocenters. The molecule has 210 valence electrons. The quantitative estimate of drug-likeness (QED) is 0.459. The first kappa shape index (κ1) is 29.5. The number of aliphatic hydroxyl groups excluding tert-OH is 1. The summed E-state index contributed by atoms with van der Waals surface area (Å²) in [5.74, 6) is 1.15. The van der Waals surface area contributed by atoms with E-state index >= 15 is 0 Å². The highest BCUT2D eigenvalue weighted by Gasteiger charge is 2.41. The molecule has 1 aromatic heterocycles. The van der Waals surface area contributed by atoms with Crippen LogP contribution in [0.25, 0.3) is 10.8 Å². The van der Waals surface area contributed by atoms with Crippen LogP contribution in [0, 0.1) is 0 Å². The van der Waals surface area contributed by atoms with Crippen LogP contribution in [0.1, 0.15) is 74.8 Å². The number of benzene rings is 2. The molecule has 6 rings (SSSR count). The largest absolute Gasteiger partial charge is 0.387 e. The van der Waals surface area contributed by atoms with E-state index in [0.29, 0.717) is 19.5 Å². The molecule has 9 heteroatoms. The molecule has 0 spiro atoms. The first-order chi connectivity index (χ1) is 17.8. The van der Waals surface area contributed by atoms with Gasteiger partial charge in [-0.2, -0.15) is 0 Å². The molecule has 2 fully saturated rings. The highest BCUT2D eigenvalue weighted by atomic mass is 35.5. The first-order valence-electron chi connectivity index (χ1n) is 13.6. The Morgan fingerprint density at radius 3 is 2.46 bits per heavy atom. The maximum absolute atomic E-state index is 14.2. The molecule has 2 aliphatic heterocycles. The lowest BCUT2D eigenvalue weighted by atomic mass is 9.87. The number of hydrogen-bond donors (Lipinski definition) is 2. The summed E-state index contributed by atoms with van der Waals surface area (Å²) in [6.45, 7) is 9.37. The van der Waals surface area contributed by atoms with E-state index in [4.69, 9.17) is 0 Å². The van der Waals surface area contributed by atoms with Gasteiger partial charge in [0.2, 0.25) is 5.91 Å². The number of rotatable bonds is 4. The molecule has 0 unspecified atom stereocenters. The lowest BCUT2D eigenvalue weighted by Crippen LogP contribution is -2.53. The second-order valence-electron chi connectivity index (χ2n) is 11.7. The smallest absolute Gasteiger partial charge is 0.231 e. The molecule has 1 amide bonds. The number of aliphatic hydroxyl groups is 1. The van der Waals surface area contributed by atoms with Gasteiger partial charge in [0.1, 0.15) is 12.1 Å². The summed E-state index contributed by atoms with van der Waals surface area (Å²) < 4.78 is 0. The average molecular weight is 573 g/mol. The summed E-state index contributed by atoms with van der Waals surface area (Å²) in [5, 5.41) is 16.5. The number of carbonyl (C=O) groups is 1. The fraction of sp³-hybridized carbons (Fsp3) is 0.500. The number of carbonyl (C=O) groups excluding carboxylic acids is 1. The number of nitrogens with zero attached hydrogens (tertiary/aromatic N) is 4. The third-order valence-corrected chi connectivity index (χ3v) is 8.63. The predicted octanol–water partition coefficient (Wildman–Crippen LogP) is 4.98. The molecule has 0 radical (unpaired) electrons. The third-order valence-electron chi connectivity index (χ3n) is 8.63. The molecule has 2 N–H and O–H groups in total. The summed E-state index contributed by atoms with van der Waals surface area (Å²) in [7, 11) is 0. The monoisotopic (exact) mass is 571 g/mol. The van der Waals surface area contributed by atoms with Crippen molar-refractivity contribution in [1.82, 2.24) is 20.2 Å². The number of nitrogens with one attached hydrogen (secondary N) is 1. The van der Waals surface area contributed by atoms with Gasteiger partial charge in [-0.15, -0.1) is 24.8 Å². The van der Waals surface area contributed by atoms with Crippen molar-refractivity contribution in [1.29, 1.82) is 0 Å². The fourth-order valence-corrected chi connectivity index (χ4v) is 6.65. The van der Waals surface area contributed by atoms with Crippen molar-refractivity contribution in [3.63, 3.8) is 0 Å². The maximum atomic E-state index is 14.2. The van der Waals surface area contributed by atoms with Gasteiger partial charge in [0.25, 0.3) is 0 Å². The zero-order chi connectivity index (χ0) is 25.7. The molecule has 3 aromatic rings. The summed E-state index contributed by atoms with van der Waals surface area (Å²) in [4.78, 5) is 27.5. The molecule has 0 bridgehead atoms. The minimum atomic E-state index is -0.513. The zero-order valence-electron chi connectivity index (χ0n) is 22.8. The molecule has 0 saturated carbocycles. The van der Waals surface area contributed by atoms with Gasteiger partial charge in [0, 0.05) is 43.3 Å². The Hall–Kier alpha value is -2.45. The lowest BCUT2D eigenvalue weighted by molar-refractivity contribution is -0.133. The van der Waals surface area contributed by atoms with Crippen molar-refractivity contribution in [2.45, 2.75) is 69.6 Å². The molecule has 7 nitrogen and oxygen atoms in total. The van der Waals surface area contributed by atoms with Crippen LogP contribution < -0.4 is 10.2 Å². The zero-order valence-corrected chi connectivity index (χ0v) is 24.5. The number of hydrogen-bond acceptors (Lipinski definition) is 6. The number of piperazine rings is 1. The fourth-order valence-electron chi connectivity index (χ4n) is 6.65. The van der Waals surface area contributed by atoms with Gasteiger partial charge < -0.3 is 20.2 Å². The highest BCUT2D eigenvalue weighted by Crippen LogP contribution is 2.43. The van der Waals surface area contributed by atoms with E-state index in [2.05, 4.69) is 83.4 Å². The summed E-state index contributed by atoms with van der Waals surface area (Å²) in [5.41, 5.74) is 2.97. The van der Waals surface area contributed by atoms with Gasteiger partial charge in [-0.05, 0) is 55.4 Å². The van der Waals surface area contributed by atoms with Crippen LogP contribution in [-0.2, 0) is 4.79 Å². The topological polar surface area (TPSA) is 81.6 Å². The van der Waals surface area contributed by atoms with E-state index in [1.165, 1.54) is 10.8 Å². The predicted molar refractivity (Wildman–Crippen MR) is 160 cm³/mol. The van der Waals surface area contributed by atoms with Crippen LogP contribution in [0.2, 0.25) is 0 Å². The van der Waals surface area contributed by atoms with Gasteiger partial charge in [0.05, 0.1) is 17.7 Å². The van der Waals surface area contributed by atoms with Crippen LogP contribution in [0.15, 0.2) is 48.8 Å². The summed E-state index contributed by atoms with van der Waals surface area (Å²) >= 11 is 0. The first-order valence-corrected chi connectivity index (χ1v) is 13.6. The Morgan fingerprint density at radius 1 is 1.05 bits per heavy atom. The van der Waals surface area contributed by atoms with Crippen molar-refractivity contribution < 1.29 is 9.90 Å². The lowest BCUT2D eigenvalue weighted by Gasteiger charge is -2.39. The number of amides is 1. The highest BCUT2D eigenvalue weighted by molar-refractivity contribution is 5.89. The van der Waals surface area contributed by atoms with Crippen molar-refractivity contribution >= 4 is 47.3 Å². The minimum Gasteiger partial charge on any atom is -0.387 e. The number of fused-ring (bicyclic) bond motifs is 2. The second-order valence-corrected chi connectivity index (χ2v) is 11.7. The number of aromatic nitrogens is 2. The van der Waals surface area contributed by atoms with Crippen LogP contribution >= 0.6 is 24.8 Å². The molecule has 3 heterocycles. The summed E-state index contributed by atoms with van der Waals surface area (Å²) in [6, 6.07) is 15.0. The Balaban J connectivity index is 0.00000176. The van der Waals surface area contributed by atoms with Crippen molar-refractivity contribution in [3.8, 4) is 0 Å². The maximum Gasteiger partial charge on any atom is 0.231 e. The summed E-state index contributed by atoms with van der Waals surface area (Å²) in [6.07, 6.45) is 3.80. The molecule has 2 aromatic carbocycles. The Morgan fingerprint density at radius 2 is 1.77 bits per heavy atom. The Kier molecular flexibility index (Phi) is 8.76. The third kappa shape index (κ3) is 5.60. The van der Waals surface area contributed by atoms with Gasteiger partial charge in [0.15, 0.2) is 0 Å². The van der Waals surface area contributed by atoms with E-state index in [0.717, 1.165) is 48.6 Å². The van der Waals surface area contributed by atoms with E-state index in [9.17, 15) is 9.90 Å². The second kappa shape index (κ2) is 11.6. The molecular weight excluding hydrogens is 533 g/mol. The van der Waals surface area contributed by atoms with Crippen LogP contribution in [0.4, 0.5) is 5.82 Å². The van der Waals surface area contributed by atoms with Gasteiger partial charge >= 0.3 is 0 Å². The minimum absolute atomic E-state index is 0. The molecular formula is C30H39Cl2N5O2.